The Hall–Kier alpha value is -1.59. The number of alkyl halides is 2. The molecule has 0 aliphatic heterocycles. The van der Waals surface area contributed by atoms with Crippen LogP contribution in [-0.2, 0) is 11.2 Å². The molecule has 134 valence electrons. The highest BCUT2D eigenvalue weighted by Crippen LogP contribution is 2.33. The van der Waals surface area contributed by atoms with Gasteiger partial charge >= 0.3 is 12.4 Å². The third kappa shape index (κ3) is 4.95. The van der Waals surface area contributed by atoms with Gasteiger partial charge in [-0.3, -0.25) is 0 Å². The van der Waals surface area contributed by atoms with Crippen molar-refractivity contribution in [3.8, 4) is 5.75 Å². The lowest BCUT2D eigenvalue weighted by Crippen LogP contribution is -2.19. The van der Waals surface area contributed by atoms with Crippen molar-refractivity contribution in [2.24, 2.45) is 11.8 Å². The standard InChI is InChI=1S/C18H22F4O2/c1-2-11-3-5-12(6-4-11)7-8-13-9-14(19)16(15(20)10-13)24-18(23)17(21)22/h9-12,17H,2-8H2,1H3. The number of esters is 1. The van der Waals surface area contributed by atoms with E-state index >= 15 is 0 Å². The lowest BCUT2D eigenvalue weighted by Gasteiger charge is -2.27. The van der Waals surface area contributed by atoms with E-state index < -0.39 is 29.8 Å². The van der Waals surface area contributed by atoms with E-state index in [2.05, 4.69) is 11.7 Å². The van der Waals surface area contributed by atoms with Crippen LogP contribution in [0.4, 0.5) is 17.6 Å². The second-order valence-electron chi connectivity index (χ2n) is 6.44. The van der Waals surface area contributed by atoms with Crippen LogP contribution in [0.1, 0.15) is 51.0 Å². The van der Waals surface area contributed by atoms with Gasteiger partial charge in [-0.05, 0) is 42.4 Å². The van der Waals surface area contributed by atoms with Crippen LogP contribution in [0.3, 0.4) is 0 Å². The normalized spacial score (nSPS) is 21.1. The minimum Gasteiger partial charge on any atom is -0.416 e. The molecule has 2 nitrogen and oxygen atoms in total. The zero-order valence-corrected chi connectivity index (χ0v) is 13.7. The summed E-state index contributed by atoms with van der Waals surface area (Å²) in [5, 5.41) is 0. The molecule has 0 unspecified atom stereocenters. The molecule has 1 fully saturated rings. The zero-order valence-electron chi connectivity index (χ0n) is 13.7. The number of benzene rings is 1. The second-order valence-corrected chi connectivity index (χ2v) is 6.44. The van der Waals surface area contributed by atoms with Crippen molar-refractivity contribution < 1.29 is 27.1 Å². The molecular weight excluding hydrogens is 324 g/mol. The maximum absolute atomic E-state index is 13.8. The summed E-state index contributed by atoms with van der Waals surface area (Å²) < 4.78 is 56.0. The van der Waals surface area contributed by atoms with Crippen LogP contribution in [0.15, 0.2) is 12.1 Å². The first-order valence-corrected chi connectivity index (χ1v) is 8.38. The second kappa shape index (κ2) is 8.49. The Morgan fingerprint density at radius 3 is 2.17 bits per heavy atom. The molecule has 0 N–H and O–H groups in total. The van der Waals surface area contributed by atoms with Gasteiger partial charge in [0.1, 0.15) is 0 Å². The number of carbonyl (C=O) groups is 1. The summed E-state index contributed by atoms with van der Waals surface area (Å²) in [6.07, 6.45) is 3.79. The summed E-state index contributed by atoms with van der Waals surface area (Å²) in [5.41, 5.74) is 0.444. The monoisotopic (exact) mass is 346 g/mol. The fourth-order valence-corrected chi connectivity index (χ4v) is 3.30. The van der Waals surface area contributed by atoms with Crippen LogP contribution < -0.4 is 4.74 Å². The van der Waals surface area contributed by atoms with E-state index in [-0.39, 0.29) is 0 Å². The van der Waals surface area contributed by atoms with Gasteiger partial charge in [0.15, 0.2) is 11.6 Å². The van der Waals surface area contributed by atoms with Crippen molar-refractivity contribution in [3.05, 3.63) is 29.3 Å². The maximum Gasteiger partial charge on any atom is 0.379 e. The number of halogens is 4. The molecule has 0 heterocycles. The summed E-state index contributed by atoms with van der Waals surface area (Å²) in [6, 6.07) is 2.10. The van der Waals surface area contributed by atoms with Gasteiger partial charge in [0.25, 0.3) is 0 Å². The molecule has 0 saturated heterocycles. The first-order valence-electron chi connectivity index (χ1n) is 8.38. The Kier molecular flexibility index (Phi) is 6.63. The third-order valence-corrected chi connectivity index (χ3v) is 4.82. The van der Waals surface area contributed by atoms with Gasteiger partial charge in [0.2, 0.25) is 5.75 Å². The van der Waals surface area contributed by atoms with Crippen LogP contribution in [0.25, 0.3) is 0 Å². The minimum atomic E-state index is -3.43. The van der Waals surface area contributed by atoms with Gasteiger partial charge < -0.3 is 4.74 Å². The molecular formula is C18H22F4O2. The van der Waals surface area contributed by atoms with Crippen molar-refractivity contribution in [2.75, 3.05) is 0 Å². The summed E-state index contributed by atoms with van der Waals surface area (Å²) in [5.74, 6) is -3.95. The Labute approximate surface area is 139 Å². The van der Waals surface area contributed by atoms with Crippen LogP contribution in [0, 0.1) is 23.5 Å². The average Bonchev–Trinajstić information content (AvgIpc) is 2.56. The predicted octanol–water partition coefficient (Wildman–Crippen LogP) is 5.28. The largest absolute Gasteiger partial charge is 0.416 e. The van der Waals surface area contributed by atoms with Crippen molar-refractivity contribution >= 4 is 5.97 Å². The van der Waals surface area contributed by atoms with Gasteiger partial charge in [-0.2, -0.15) is 8.78 Å². The van der Waals surface area contributed by atoms with Crippen molar-refractivity contribution in [2.45, 2.75) is 58.3 Å². The van der Waals surface area contributed by atoms with E-state index in [4.69, 9.17) is 0 Å². The predicted molar refractivity (Wildman–Crippen MR) is 82.1 cm³/mol. The first-order chi connectivity index (χ1) is 11.4. The molecule has 24 heavy (non-hydrogen) atoms. The molecule has 0 radical (unpaired) electrons. The molecule has 0 atom stereocenters. The lowest BCUT2D eigenvalue weighted by molar-refractivity contribution is -0.146. The van der Waals surface area contributed by atoms with Crippen molar-refractivity contribution in [1.82, 2.24) is 0 Å². The lowest BCUT2D eigenvalue weighted by atomic mass is 9.78. The summed E-state index contributed by atoms with van der Waals surface area (Å²) in [6.45, 7) is 2.19. The number of carbonyl (C=O) groups excluding carboxylic acids is 1. The highest BCUT2D eigenvalue weighted by atomic mass is 19.3. The van der Waals surface area contributed by atoms with Gasteiger partial charge in [0, 0.05) is 0 Å². The number of rotatable bonds is 6. The Morgan fingerprint density at radius 1 is 1.12 bits per heavy atom. The molecule has 0 amide bonds. The molecule has 1 aliphatic rings. The van der Waals surface area contributed by atoms with Crippen LogP contribution in [-0.4, -0.2) is 12.4 Å². The quantitative estimate of drug-likeness (QED) is 0.398. The molecule has 1 aromatic rings. The van der Waals surface area contributed by atoms with E-state index in [0.717, 1.165) is 37.3 Å². The SMILES string of the molecule is CCC1CCC(CCc2cc(F)c(OC(=O)C(F)F)c(F)c2)CC1. The van der Waals surface area contributed by atoms with E-state index in [1.54, 1.807) is 0 Å². The number of ether oxygens (including phenoxy) is 1. The van der Waals surface area contributed by atoms with Gasteiger partial charge in [-0.15, -0.1) is 0 Å². The molecule has 0 spiro atoms. The van der Waals surface area contributed by atoms with Crippen molar-refractivity contribution in [1.29, 1.82) is 0 Å². The smallest absolute Gasteiger partial charge is 0.379 e. The molecule has 1 aromatic carbocycles. The Bertz CT molecular complexity index is 543. The van der Waals surface area contributed by atoms with Crippen LogP contribution in [0.5, 0.6) is 5.75 Å². The highest BCUT2D eigenvalue weighted by Gasteiger charge is 2.23. The fraction of sp³-hybridized carbons (Fsp3) is 0.611. The van der Waals surface area contributed by atoms with Gasteiger partial charge in [-0.25, -0.2) is 13.6 Å². The fourth-order valence-electron chi connectivity index (χ4n) is 3.30. The highest BCUT2D eigenvalue weighted by molar-refractivity contribution is 5.75. The molecule has 0 bridgehead atoms. The Morgan fingerprint density at radius 2 is 1.67 bits per heavy atom. The molecule has 1 aliphatic carbocycles. The third-order valence-electron chi connectivity index (χ3n) is 4.82. The topological polar surface area (TPSA) is 26.3 Å². The summed E-state index contributed by atoms with van der Waals surface area (Å²) in [7, 11) is 0. The van der Waals surface area contributed by atoms with Gasteiger partial charge in [0.05, 0.1) is 0 Å². The van der Waals surface area contributed by atoms with Crippen molar-refractivity contribution in [3.63, 3.8) is 0 Å². The number of hydrogen-bond donors (Lipinski definition) is 0. The van der Waals surface area contributed by atoms with Crippen LogP contribution >= 0.6 is 0 Å². The van der Waals surface area contributed by atoms with E-state index in [0.29, 0.717) is 17.9 Å². The maximum atomic E-state index is 13.8. The Balaban J connectivity index is 1.94. The number of aryl methyl sites for hydroxylation is 1. The number of hydrogen-bond acceptors (Lipinski definition) is 2. The van der Waals surface area contributed by atoms with E-state index in [1.807, 2.05) is 0 Å². The van der Waals surface area contributed by atoms with E-state index in [1.165, 1.54) is 19.3 Å². The van der Waals surface area contributed by atoms with Gasteiger partial charge in [-0.1, -0.05) is 39.0 Å². The minimum absolute atomic E-state index is 0.444. The molecule has 2 rings (SSSR count). The first kappa shape index (κ1) is 18.7. The molecule has 1 saturated carbocycles. The molecule has 0 aromatic heterocycles. The zero-order chi connectivity index (χ0) is 17.7. The van der Waals surface area contributed by atoms with E-state index in [9.17, 15) is 22.4 Å². The summed E-state index contributed by atoms with van der Waals surface area (Å²) >= 11 is 0. The van der Waals surface area contributed by atoms with Crippen LogP contribution in [0.2, 0.25) is 0 Å². The molecule has 6 heteroatoms. The summed E-state index contributed by atoms with van der Waals surface area (Å²) in [4.78, 5) is 10.8. The average molecular weight is 346 g/mol.